The van der Waals surface area contributed by atoms with Gasteiger partial charge in [0.15, 0.2) is 5.69 Å². The van der Waals surface area contributed by atoms with Crippen molar-refractivity contribution in [1.29, 1.82) is 0 Å². The van der Waals surface area contributed by atoms with Crippen LogP contribution in [0.5, 0.6) is 5.75 Å². The number of carboxylic acids is 1. The minimum Gasteiger partial charge on any atom is -0.506 e. The number of aromatic nitrogens is 2. The number of rotatable bonds is 5. The zero-order valence-electron chi connectivity index (χ0n) is 16.8. The van der Waals surface area contributed by atoms with Gasteiger partial charge < -0.3 is 10.2 Å². The topological polar surface area (TPSA) is 120 Å². The number of azo groups is 1. The van der Waals surface area contributed by atoms with Crippen molar-refractivity contribution in [2.45, 2.75) is 6.92 Å². The number of nitrogens with one attached hydrogen (secondary N) is 1. The molecule has 0 fully saturated rings. The molecule has 1 aromatic heterocycles. The highest BCUT2D eigenvalue weighted by Gasteiger charge is 2.15. The molecule has 160 valence electrons. The van der Waals surface area contributed by atoms with Crippen LogP contribution in [-0.4, -0.2) is 26.0 Å². The van der Waals surface area contributed by atoms with E-state index in [9.17, 15) is 24.2 Å². The van der Waals surface area contributed by atoms with Gasteiger partial charge in [0.05, 0.1) is 17.1 Å². The maximum absolute atomic E-state index is 13.2. The van der Waals surface area contributed by atoms with E-state index in [1.807, 2.05) is 0 Å². The van der Waals surface area contributed by atoms with E-state index in [0.717, 1.165) is 0 Å². The fourth-order valence-corrected chi connectivity index (χ4v) is 3.22. The third-order valence-electron chi connectivity index (χ3n) is 4.81. The van der Waals surface area contributed by atoms with Crippen LogP contribution < -0.4 is 5.56 Å². The molecule has 0 saturated heterocycles. The lowest BCUT2D eigenvalue weighted by Gasteiger charge is -2.07. The van der Waals surface area contributed by atoms with Gasteiger partial charge in [-0.2, -0.15) is 5.11 Å². The minimum absolute atomic E-state index is 0.0930. The lowest BCUT2D eigenvalue weighted by Crippen LogP contribution is -2.13. The van der Waals surface area contributed by atoms with E-state index in [1.165, 1.54) is 41.1 Å². The van der Waals surface area contributed by atoms with Crippen LogP contribution in [0.3, 0.4) is 0 Å². The number of halogens is 1. The molecular formula is C23H17FN4O4. The molecule has 8 nitrogen and oxygen atoms in total. The molecule has 0 radical (unpaired) electrons. The highest BCUT2D eigenvalue weighted by atomic mass is 19.1. The lowest BCUT2D eigenvalue weighted by atomic mass is 10.0. The van der Waals surface area contributed by atoms with Crippen molar-refractivity contribution in [1.82, 2.24) is 9.78 Å². The van der Waals surface area contributed by atoms with Gasteiger partial charge in [0.2, 0.25) is 0 Å². The predicted octanol–water partition coefficient (Wildman–Crippen LogP) is 5.10. The van der Waals surface area contributed by atoms with Crippen molar-refractivity contribution >= 4 is 17.3 Å². The van der Waals surface area contributed by atoms with Crippen LogP contribution >= 0.6 is 0 Å². The summed E-state index contributed by atoms with van der Waals surface area (Å²) in [6.07, 6.45) is 0. The fraction of sp³-hybridized carbons (Fsp3) is 0.0435. The van der Waals surface area contributed by atoms with Gasteiger partial charge in [0.1, 0.15) is 17.1 Å². The van der Waals surface area contributed by atoms with Gasteiger partial charge in [-0.05, 0) is 55.0 Å². The summed E-state index contributed by atoms with van der Waals surface area (Å²) in [6.45, 7) is 1.67. The molecular weight excluding hydrogens is 415 g/mol. The van der Waals surface area contributed by atoms with Gasteiger partial charge in [-0.3, -0.25) is 9.89 Å². The molecule has 3 N–H and O–H groups in total. The second-order valence-electron chi connectivity index (χ2n) is 6.96. The Morgan fingerprint density at radius 1 is 1.03 bits per heavy atom. The van der Waals surface area contributed by atoms with E-state index in [0.29, 0.717) is 28.2 Å². The Morgan fingerprint density at radius 2 is 1.75 bits per heavy atom. The summed E-state index contributed by atoms with van der Waals surface area (Å²) in [5.41, 5.74) is 1.64. The summed E-state index contributed by atoms with van der Waals surface area (Å²) in [5.74, 6) is -2.00. The van der Waals surface area contributed by atoms with Crippen molar-refractivity contribution in [3.8, 4) is 22.6 Å². The molecule has 0 amide bonds. The SMILES string of the molecule is Cc1[nH]n(-c2ccc(F)cc2)c(=O)c1N=Nc1cccc(-c2cccc(C(=O)O)c2O)c1. The Kier molecular flexibility index (Phi) is 5.38. The Labute approximate surface area is 180 Å². The highest BCUT2D eigenvalue weighted by Crippen LogP contribution is 2.34. The first kappa shape index (κ1) is 20.7. The molecule has 0 saturated carbocycles. The largest absolute Gasteiger partial charge is 0.506 e. The molecule has 1 heterocycles. The van der Waals surface area contributed by atoms with Gasteiger partial charge in [0, 0.05) is 5.56 Å². The number of benzene rings is 3. The Bertz CT molecular complexity index is 1400. The Hall–Kier alpha value is -4.53. The molecule has 0 atom stereocenters. The predicted molar refractivity (Wildman–Crippen MR) is 116 cm³/mol. The molecule has 32 heavy (non-hydrogen) atoms. The summed E-state index contributed by atoms with van der Waals surface area (Å²) < 4.78 is 14.4. The van der Waals surface area contributed by atoms with E-state index in [2.05, 4.69) is 15.3 Å². The first-order chi connectivity index (χ1) is 15.3. The van der Waals surface area contributed by atoms with E-state index in [4.69, 9.17) is 0 Å². The molecule has 0 aliphatic heterocycles. The average Bonchev–Trinajstić information content (AvgIpc) is 3.06. The zero-order chi connectivity index (χ0) is 22.8. The highest BCUT2D eigenvalue weighted by molar-refractivity contribution is 5.94. The summed E-state index contributed by atoms with van der Waals surface area (Å²) in [6, 6.07) is 16.5. The second kappa shape index (κ2) is 8.31. The van der Waals surface area contributed by atoms with Crippen LogP contribution in [0, 0.1) is 12.7 Å². The zero-order valence-corrected chi connectivity index (χ0v) is 16.8. The molecule has 0 aliphatic rings. The van der Waals surface area contributed by atoms with Gasteiger partial charge >= 0.3 is 5.97 Å². The van der Waals surface area contributed by atoms with Crippen LogP contribution in [0.25, 0.3) is 16.8 Å². The molecule has 3 aromatic carbocycles. The first-order valence-electron chi connectivity index (χ1n) is 9.50. The third kappa shape index (κ3) is 3.91. The average molecular weight is 432 g/mol. The van der Waals surface area contributed by atoms with Gasteiger partial charge in [-0.25, -0.2) is 13.9 Å². The number of hydrogen-bond acceptors (Lipinski definition) is 5. The number of carboxylic acid groups (broad SMARTS) is 1. The van der Waals surface area contributed by atoms with Gasteiger partial charge in [-0.1, -0.05) is 24.3 Å². The lowest BCUT2D eigenvalue weighted by molar-refractivity contribution is 0.0694. The van der Waals surface area contributed by atoms with E-state index in [1.54, 1.807) is 37.3 Å². The second-order valence-corrected chi connectivity index (χ2v) is 6.96. The summed E-state index contributed by atoms with van der Waals surface area (Å²) in [5, 5.41) is 30.6. The number of phenols is 1. The van der Waals surface area contributed by atoms with E-state index in [-0.39, 0.29) is 17.0 Å². The molecule has 0 bridgehead atoms. The van der Waals surface area contributed by atoms with Crippen LogP contribution in [0.4, 0.5) is 15.8 Å². The Morgan fingerprint density at radius 3 is 2.47 bits per heavy atom. The molecule has 4 rings (SSSR count). The number of aromatic hydroxyl groups is 1. The summed E-state index contributed by atoms with van der Waals surface area (Å²) in [7, 11) is 0. The number of hydrogen-bond donors (Lipinski definition) is 3. The number of para-hydroxylation sites is 1. The molecule has 9 heteroatoms. The number of aryl methyl sites for hydroxylation is 1. The molecule has 0 unspecified atom stereocenters. The third-order valence-corrected chi connectivity index (χ3v) is 4.81. The van der Waals surface area contributed by atoms with E-state index >= 15 is 0 Å². The number of H-pyrrole nitrogens is 1. The minimum atomic E-state index is -1.24. The van der Waals surface area contributed by atoms with Gasteiger partial charge in [-0.15, -0.1) is 5.11 Å². The smallest absolute Gasteiger partial charge is 0.339 e. The van der Waals surface area contributed by atoms with Gasteiger partial charge in [0.25, 0.3) is 5.56 Å². The summed E-state index contributed by atoms with van der Waals surface area (Å²) in [4.78, 5) is 24.0. The van der Waals surface area contributed by atoms with Crippen molar-refractivity contribution in [2.75, 3.05) is 0 Å². The Balaban J connectivity index is 1.68. The number of carbonyl (C=O) groups is 1. The quantitative estimate of drug-likeness (QED) is 0.380. The van der Waals surface area contributed by atoms with E-state index < -0.39 is 17.3 Å². The van der Waals surface area contributed by atoms with Crippen molar-refractivity contribution in [3.63, 3.8) is 0 Å². The molecule has 0 spiro atoms. The van der Waals surface area contributed by atoms with Crippen LogP contribution in [0.1, 0.15) is 16.1 Å². The number of aromatic amines is 1. The monoisotopic (exact) mass is 432 g/mol. The van der Waals surface area contributed by atoms with Crippen molar-refractivity contribution < 1.29 is 19.4 Å². The van der Waals surface area contributed by atoms with Crippen molar-refractivity contribution in [3.05, 3.63) is 94.2 Å². The summed E-state index contributed by atoms with van der Waals surface area (Å²) >= 11 is 0. The maximum Gasteiger partial charge on any atom is 0.339 e. The maximum atomic E-state index is 13.2. The van der Waals surface area contributed by atoms with Crippen molar-refractivity contribution in [2.24, 2.45) is 10.2 Å². The molecule has 4 aromatic rings. The normalized spacial score (nSPS) is 11.2. The first-order valence-corrected chi connectivity index (χ1v) is 9.50. The van der Waals surface area contributed by atoms with Crippen LogP contribution in [0.2, 0.25) is 0 Å². The number of nitrogens with zero attached hydrogens (tertiary/aromatic N) is 3. The van der Waals surface area contributed by atoms with Crippen LogP contribution in [0.15, 0.2) is 81.8 Å². The molecule has 0 aliphatic carbocycles. The number of aromatic carboxylic acids is 1. The standard InChI is InChI=1S/C23H17FN4O4/c1-13-20(22(30)28(27-13)17-10-8-15(24)9-11-17)26-25-16-5-2-4-14(12-16)18-6-3-7-19(21(18)29)23(31)32/h2-12,27,29H,1H3,(H,31,32). The fourth-order valence-electron chi connectivity index (χ4n) is 3.22. The van der Waals surface area contributed by atoms with Crippen LogP contribution in [-0.2, 0) is 0 Å².